The monoisotopic (exact) mass is 402 g/mol. The number of carbonyl (C=O) groups is 2. The highest BCUT2D eigenvalue weighted by Gasteiger charge is 2.18. The maximum atomic E-state index is 13.6. The van der Waals surface area contributed by atoms with E-state index in [0.717, 1.165) is 21.5 Å². The SMILES string of the molecule is O=C(C[n+]1ccc(C(=O)c2c3ccccc3cc3ccccc23)cc1)c1ccccc1. The summed E-state index contributed by atoms with van der Waals surface area (Å²) in [7, 11) is 0. The molecule has 0 aliphatic carbocycles. The molecular formula is C28H20NO2+. The largest absolute Gasteiger partial charge is 0.289 e. The van der Waals surface area contributed by atoms with E-state index in [9.17, 15) is 9.59 Å². The van der Waals surface area contributed by atoms with Crippen molar-refractivity contribution in [3.05, 3.63) is 126 Å². The van der Waals surface area contributed by atoms with Gasteiger partial charge in [0, 0.05) is 28.8 Å². The third-order valence-electron chi connectivity index (χ3n) is 5.57. The normalized spacial score (nSPS) is 11.0. The maximum Gasteiger partial charge on any atom is 0.227 e. The van der Waals surface area contributed by atoms with Crippen LogP contribution in [-0.2, 0) is 6.54 Å². The number of Topliss-reactive ketones (excluding diaryl/α,β-unsaturated/α-hetero) is 1. The molecule has 0 unspecified atom stereocenters. The molecule has 0 bridgehead atoms. The van der Waals surface area contributed by atoms with E-state index in [4.69, 9.17) is 0 Å². The summed E-state index contributed by atoms with van der Waals surface area (Å²) < 4.78 is 1.80. The second-order valence-electron chi connectivity index (χ2n) is 7.57. The number of carbonyl (C=O) groups excluding carboxylic acids is 2. The van der Waals surface area contributed by atoms with Crippen LogP contribution in [0.15, 0.2) is 109 Å². The van der Waals surface area contributed by atoms with Gasteiger partial charge in [0.15, 0.2) is 18.2 Å². The highest BCUT2D eigenvalue weighted by molar-refractivity contribution is 6.24. The van der Waals surface area contributed by atoms with Crippen molar-refractivity contribution in [2.45, 2.75) is 6.54 Å². The number of pyridine rings is 1. The van der Waals surface area contributed by atoms with Crippen LogP contribution in [0.2, 0.25) is 0 Å². The first-order valence-electron chi connectivity index (χ1n) is 10.2. The van der Waals surface area contributed by atoms with Crippen molar-refractivity contribution >= 4 is 33.1 Å². The molecule has 5 rings (SSSR count). The standard InChI is InChI=1S/C28H20NO2/c30-26(20-8-2-1-3-9-20)19-29-16-14-21(15-17-29)28(31)27-24-12-6-4-10-22(24)18-23-11-5-7-13-25(23)27/h1-18H,19H2/q+1. The van der Waals surface area contributed by atoms with Gasteiger partial charge < -0.3 is 0 Å². The molecule has 0 N–H and O–H groups in total. The number of benzene rings is 4. The van der Waals surface area contributed by atoms with Gasteiger partial charge in [-0.2, -0.15) is 4.57 Å². The maximum absolute atomic E-state index is 13.6. The first kappa shape index (κ1) is 18.9. The van der Waals surface area contributed by atoms with Crippen LogP contribution in [0.25, 0.3) is 21.5 Å². The lowest BCUT2D eigenvalue weighted by Gasteiger charge is -2.10. The molecule has 5 aromatic rings. The molecule has 1 heterocycles. The molecule has 0 saturated heterocycles. The highest BCUT2D eigenvalue weighted by Crippen LogP contribution is 2.30. The van der Waals surface area contributed by atoms with Crippen molar-refractivity contribution in [3.63, 3.8) is 0 Å². The number of nitrogens with zero attached hydrogens (tertiary/aromatic N) is 1. The van der Waals surface area contributed by atoms with Gasteiger partial charge in [-0.3, -0.25) is 9.59 Å². The summed E-state index contributed by atoms with van der Waals surface area (Å²) in [6.07, 6.45) is 3.59. The zero-order chi connectivity index (χ0) is 21.2. The van der Waals surface area contributed by atoms with E-state index in [1.54, 1.807) is 29.1 Å². The summed E-state index contributed by atoms with van der Waals surface area (Å²) in [5.41, 5.74) is 1.99. The van der Waals surface area contributed by atoms with Crippen molar-refractivity contribution in [1.29, 1.82) is 0 Å². The Morgan fingerprint density at radius 1 is 0.613 bits per heavy atom. The predicted molar refractivity (Wildman–Crippen MR) is 122 cm³/mol. The van der Waals surface area contributed by atoms with Gasteiger partial charge in [0.1, 0.15) is 0 Å². The van der Waals surface area contributed by atoms with Crippen molar-refractivity contribution in [3.8, 4) is 0 Å². The number of hydrogen-bond donors (Lipinski definition) is 0. The summed E-state index contributed by atoms with van der Waals surface area (Å²) in [6, 6.07) is 30.9. The Labute approximate surface area is 180 Å². The van der Waals surface area contributed by atoms with Gasteiger partial charge in [-0.25, -0.2) is 0 Å². The quantitative estimate of drug-likeness (QED) is 0.224. The Bertz CT molecular complexity index is 1370. The zero-order valence-corrected chi connectivity index (χ0v) is 16.9. The molecule has 0 radical (unpaired) electrons. The molecule has 4 aromatic carbocycles. The van der Waals surface area contributed by atoms with E-state index in [0.29, 0.717) is 16.7 Å². The lowest BCUT2D eigenvalue weighted by atomic mass is 9.92. The van der Waals surface area contributed by atoms with Crippen molar-refractivity contribution in [2.75, 3.05) is 0 Å². The first-order chi connectivity index (χ1) is 15.2. The summed E-state index contributed by atoms with van der Waals surface area (Å²) >= 11 is 0. The van der Waals surface area contributed by atoms with E-state index in [1.807, 2.05) is 78.9 Å². The van der Waals surface area contributed by atoms with Crippen molar-refractivity contribution in [2.24, 2.45) is 0 Å². The smallest absolute Gasteiger partial charge is 0.227 e. The van der Waals surface area contributed by atoms with Crippen molar-refractivity contribution < 1.29 is 14.2 Å². The molecule has 1 aromatic heterocycles. The second-order valence-corrected chi connectivity index (χ2v) is 7.57. The number of fused-ring (bicyclic) bond motifs is 2. The van der Waals surface area contributed by atoms with Gasteiger partial charge in [-0.05, 0) is 27.6 Å². The third kappa shape index (κ3) is 3.62. The second kappa shape index (κ2) is 7.96. The minimum absolute atomic E-state index is 0.0189. The molecule has 3 heteroatoms. The number of ketones is 2. The summed E-state index contributed by atoms with van der Waals surface area (Å²) in [6.45, 7) is 0.232. The first-order valence-corrected chi connectivity index (χ1v) is 10.2. The van der Waals surface area contributed by atoms with E-state index < -0.39 is 0 Å². The van der Waals surface area contributed by atoms with Gasteiger partial charge in [0.2, 0.25) is 12.3 Å². The van der Waals surface area contributed by atoms with E-state index in [1.165, 1.54) is 0 Å². The molecule has 0 aliphatic heterocycles. The fourth-order valence-corrected chi connectivity index (χ4v) is 4.00. The predicted octanol–water partition coefficient (Wildman–Crippen LogP) is 5.39. The molecule has 0 spiro atoms. The third-order valence-corrected chi connectivity index (χ3v) is 5.57. The minimum atomic E-state index is -0.0189. The molecule has 0 aliphatic rings. The van der Waals surface area contributed by atoms with E-state index in [2.05, 4.69) is 6.07 Å². The van der Waals surface area contributed by atoms with E-state index in [-0.39, 0.29) is 18.1 Å². The van der Waals surface area contributed by atoms with E-state index >= 15 is 0 Å². The molecule has 0 amide bonds. The molecule has 0 saturated carbocycles. The van der Waals surface area contributed by atoms with Gasteiger partial charge in [-0.1, -0.05) is 78.9 Å². The summed E-state index contributed by atoms with van der Waals surface area (Å²) in [5, 5.41) is 3.98. The van der Waals surface area contributed by atoms with Crippen LogP contribution in [0.1, 0.15) is 26.3 Å². The molecule has 3 nitrogen and oxygen atoms in total. The fourth-order valence-electron chi connectivity index (χ4n) is 4.00. The van der Waals surface area contributed by atoms with Gasteiger partial charge in [0.25, 0.3) is 0 Å². The molecule has 31 heavy (non-hydrogen) atoms. The Balaban J connectivity index is 1.51. The molecular weight excluding hydrogens is 382 g/mol. The van der Waals surface area contributed by atoms with Crippen LogP contribution < -0.4 is 4.57 Å². The summed E-state index contributed by atoms with van der Waals surface area (Å²) in [5.74, 6) is 0.0132. The van der Waals surface area contributed by atoms with Gasteiger partial charge in [0.05, 0.1) is 0 Å². The van der Waals surface area contributed by atoms with Crippen molar-refractivity contribution in [1.82, 2.24) is 0 Å². The highest BCUT2D eigenvalue weighted by atomic mass is 16.1. The Morgan fingerprint density at radius 3 is 1.77 bits per heavy atom. The number of aromatic nitrogens is 1. The summed E-state index contributed by atoms with van der Waals surface area (Å²) in [4.78, 5) is 26.0. The number of rotatable bonds is 5. The molecule has 0 fully saturated rings. The average Bonchev–Trinajstić information content (AvgIpc) is 2.83. The number of hydrogen-bond acceptors (Lipinski definition) is 2. The molecule has 0 atom stereocenters. The minimum Gasteiger partial charge on any atom is -0.289 e. The van der Waals surface area contributed by atoms with Gasteiger partial charge >= 0.3 is 0 Å². The zero-order valence-electron chi connectivity index (χ0n) is 16.9. The lowest BCUT2D eigenvalue weighted by Crippen LogP contribution is -2.37. The van der Waals surface area contributed by atoms with Gasteiger partial charge in [-0.15, -0.1) is 0 Å². The Hall–Kier alpha value is -4.11. The Kier molecular flexibility index (Phi) is 4.85. The van der Waals surface area contributed by atoms with Crippen LogP contribution in [-0.4, -0.2) is 11.6 Å². The Morgan fingerprint density at radius 2 is 1.16 bits per heavy atom. The van der Waals surface area contributed by atoms with Crippen LogP contribution in [0.5, 0.6) is 0 Å². The van der Waals surface area contributed by atoms with Crippen LogP contribution in [0.3, 0.4) is 0 Å². The molecule has 148 valence electrons. The fraction of sp³-hybridized carbons (Fsp3) is 0.0357. The topological polar surface area (TPSA) is 38.0 Å². The lowest BCUT2D eigenvalue weighted by molar-refractivity contribution is -0.683. The van der Waals surface area contributed by atoms with Crippen LogP contribution in [0, 0.1) is 0 Å². The average molecular weight is 402 g/mol. The van der Waals surface area contributed by atoms with Crippen LogP contribution >= 0.6 is 0 Å². The van der Waals surface area contributed by atoms with Crippen LogP contribution in [0.4, 0.5) is 0 Å².